The lowest BCUT2D eigenvalue weighted by Gasteiger charge is -2.40. The Balaban J connectivity index is 1.68. The minimum Gasteiger partial charge on any atom is -0.489 e. The molecule has 1 fully saturated rings. The normalized spacial score (nSPS) is 26.7. The van der Waals surface area contributed by atoms with Gasteiger partial charge in [0.05, 0.1) is 19.3 Å². The first-order valence-corrected chi connectivity index (χ1v) is 9.15. The largest absolute Gasteiger partial charge is 0.489 e. The summed E-state index contributed by atoms with van der Waals surface area (Å²) in [5.74, 6) is 0.139. The fourth-order valence-electron chi connectivity index (χ4n) is 3.21. The van der Waals surface area contributed by atoms with E-state index < -0.39 is 43.1 Å². The lowest BCUT2D eigenvalue weighted by atomic mass is 9.91. The van der Waals surface area contributed by atoms with Gasteiger partial charge in [0.25, 0.3) is 0 Å². The third-order valence-corrected chi connectivity index (χ3v) is 4.85. The number of rotatable bonds is 6. The Morgan fingerprint density at radius 3 is 2.41 bits per heavy atom. The zero-order valence-electron chi connectivity index (χ0n) is 15.8. The van der Waals surface area contributed by atoms with Crippen LogP contribution in [0, 0.1) is 0 Å². The predicted octanol–water partition coefficient (Wildman–Crippen LogP) is 0.567. The summed E-state index contributed by atoms with van der Waals surface area (Å²) in [6.07, 6.45) is -6.03. The van der Waals surface area contributed by atoms with E-state index in [9.17, 15) is 25.2 Å². The number of hydrogen-bond donors (Lipinski definition) is 4. The maximum Gasteiger partial charge on any atom is 0.337 e. The number of benzene rings is 2. The van der Waals surface area contributed by atoms with Crippen LogP contribution < -0.4 is 4.74 Å². The molecule has 0 radical (unpaired) electrons. The second-order valence-corrected chi connectivity index (χ2v) is 6.80. The summed E-state index contributed by atoms with van der Waals surface area (Å²) in [6, 6.07) is 13.6. The first-order chi connectivity index (χ1) is 13.9. The Kier molecular flexibility index (Phi) is 6.83. The molecule has 0 amide bonds. The molecule has 29 heavy (non-hydrogen) atoms. The van der Waals surface area contributed by atoms with Crippen molar-refractivity contribution in [2.45, 2.75) is 37.1 Å². The van der Waals surface area contributed by atoms with Crippen LogP contribution in [0.1, 0.15) is 27.6 Å². The number of ether oxygens (including phenoxy) is 3. The Labute approximate surface area is 167 Å². The van der Waals surface area contributed by atoms with E-state index in [0.29, 0.717) is 16.9 Å². The lowest BCUT2D eigenvalue weighted by molar-refractivity contribution is -0.231. The van der Waals surface area contributed by atoms with E-state index in [-0.39, 0.29) is 6.61 Å². The Hall–Kier alpha value is -2.49. The van der Waals surface area contributed by atoms with Crippen molar-refractivity contribution in [3.63, 3.8) is 0 Å². The molecule has 8 nitrogen and oxygen atoms in total. The van der Waals surface area contributed by atoms with Gasteiger partial charge in [0.15, 0.2) is 0 Å². The molecule has 1 aliphatic rings. The van der Waals surface area contributed by atoms with Crippen molar-refractivity contribution in [1.29, 1.82) is 0 Å². The first kappa shape index (κ1) is 21.2. The highest BCUT2D eigenvalue weighted by atomic mass is 16.5. The molecule has 1 saturated heterocycles. The first-order valence-electron chi connectivity index (χ1n) is 9.15. The monoisotopic (exact) mass is 404 g/mol. The molecule has 1 aliphatic heterocycles. The average Bonchev–Trinajstić information content (AvgIpc) is 2.76. The van der Waals surface area contributed by atoms with Crippen LogP contribution in [-0.4, -0.2) is 64.5 Å². The van der Waals surface area contributed by atoms with Crippen LogP contribution in [-0.2, 0) is 16.1 Å². The van der Waals surface area contributed by atoms with Crippen LogP contribution >= 0.6 is 0 Å². The number of aliphatic hydroxyl groups is 4. The van der Waals surface area contributed by atoms with E-state index in [1.807, 2.05) is 6.07 Å². The minimum absolute atomic E-state index is 0.225. The van der Waals surface area contributed by atoms with Crippen molar-refractivity contribution in [1.82, 2.24) is 0 Å². The summed E-state index contributed by atoms with van der Waals surface area (Å²) in [7, 11) is 1.31. The Morgan fingerprint density at radius 2 is 1.76 bits per heavy atom. The molecule has 3 rings (SSSR count). The van der Waals surface area contributed by atoms with Gasteiger partial charge in [-0.3, -0.25) is 0 Å². The molecule has 2 aromatic rings. The van der Waals surface area contributed by atoms with Crippen molar-refractivity contribution in [3.8, 4) is 5.75 Å². The van der Waals surface area contributed by atoms with Crippen molar-refractivity contribution in [2.24, 2.45) is 0 Å². The van der Waals surface area contributed by atoms with Gasteiger partial charge in [-0.05, 0) is 41.5 Å². The summed E-state index contributed by atoms with van der Waals surface area (Å²) in [5.41, 5.74) is 1.80. The van der Waals surface area contributed by atoms with Crippen LogP contribution in [0.3, 0.4) is 0 Å². The van der Waals surface area contributed by atoms with Crippen LogP contribution in [0.25, 0.3) is 0 Å². The van der Waals surface area contributed by atoms with Gasteiger partial charge in [-0.2, -0.15) is 0 Å². The number of aliphatic hydroxyl groups excluding tert-OH is 4. The molecule has 1 heterocycles. The van der Waals surface area contributed by atoms with Crippen molar-refractivity contribution in [3.05, 3.63) is 65.2 Å². The highest BCUT2D eigenvalue weighted by Gasteiger charge is 2.43. The molecular formula is C21H24O8. The van der Waals surface area contributed by atoms with E-state index >= 15 is 0 Å². The molecule has 0 saturated carbocycles. The van der Waals surface area contributed by atoms with Crippen LogP contribution in [0.2, 0.25) is 0 Å². The van der Waals surface area contributed by atoms with Crippen LogP contribution in [0.4, 0.5) is 0 Å². The average molecular weight is 404 g/mol. The molecule has 4 N–H and O–H groups in total. The van der Waals surface area contributed by atoms with Gasteiger partial charge in [0, 0.05) is 0 Å². The van der Waals surface area contributed by atoms with Gasteiger partial charge in [-0.1, -0.05) is 18.2 Å². The van der Waals surface area contributed by atoms with Gasteiger partial charge in [-0.15, -0.1) is 0 Å². The third kappa shape index (κ3) is 4.75. The number of methoxy groups -OCH3 is 1. The van der Waals surface area contributed by atoms with E-state index in [2.05, 4.69) is 4.74 Å². The number of hydrogen-bond acceptors (Lipinski definition) is 8. The fraction of sp³-hybridized carbons (Fsp3) is 0.381. The molecule has 156 valence electrons. The number of esters is 1. The quantitative estimate of drug-likeness (QED) is 0.515. The summed E-state index contributed by atoms with van der Waals surface area (Å²) >= 11 is 0. The standard InChI is InChI=1S/C21H24O8/c1-27-21(26)13-5-7-15(8-6-13)28-11-12-3-2-4-14(9-12)20-19(25)18(24)17(23)16(10-22)29-20/h2-9,16-20,22-25H,10-11H2,1H3/t16-,17-,18+,19+,20?/m1/s1. The van der Waals surface area contributed by atoms with Crippen molar-refractivity contribution >= 4 is 5.97 Å². The zero-order chi connectivity index (χ0) is 21.0. The van der Waals surface area contributed by atoms with Crippen LogP contribution in [0.5, 0.6) is 5.75 Å². The minimum atomic E-state index is -1.43. The molecule has 2 aromatic carbocycles. The van der Waals surface area contributed by atoms with E-state index in [4.69, 9.17) is 9.47 Å². The second-order valence-electron chi connectivity index (χ2n) is 6.80. The Morgan fingerprint density at radius 1 is 1.03 bits per heavy atom. The fourth-order valence-corrected chi connectivity index (χ4v) is 3.21. The zero-order valence-corrected chi connectivity index (χ0v) is 15.8. The summed E-state index contributed by atoms with van der Waals surface area (Å²) in [4.78, 5) is 11.5. The SMILES string of the molecule is COC(=O)c1ccc(OCc2cccc(C3O[C@H](CO)[C@@H](O)[C@H](O)[C@@H]3O)c2)cc1. The molecule has 5 atom stereocenters. The van der Waals surface area contributed by atoms with Gasteiger partial charge < -0.3 is 34.6 Å². The number of carbonyl (C=O) groups is 1. The number of carbonyl (C=O) groups excluding carboxylic acids is 1. The Bertz CT molecular complexity index is 820. The predicted molar refractivity (Wildman–Crippen MR) is 101 cm³/mol. The summed E-state index contributed by atoms with van der Waals surface area (Å²) < 4.78 is 16.0. The van der Waals surface area contributed by atoms with Gasteiger partial charge >= 0.3 is 5.97 Å². The highest BCUT2D eigenvalue weighted by molar-refractivity contribution is 5.89. The van der Waals surface area contributed by atoms with E-state index in [1.165, 1.54) is 7.11 Å². The maximum atomic E-state index is 11.5. The molecule has 0 aromatic heterocycles. The maximum absolute atomic E-state index is 11.5. The van der Waals surface area contributed by atoms with Gasteiger partial charge in [0.2, 0.25) is 0 Å². The molecule has 8 heteroatoms. The molecule has 0 bridgehead atoms. The second kappa shape index (κ2) is 9.34. The third-order valence-electron chi connectivity index (χ3n) is 4.85. The smallest absolute Gasteiger partial charge is 0.337 e. The van der Waals surface area contributed by atoms with E-state index in [0.717, 1.165) is 5.56 Å². The summed E-state index contributed by atoms with van der Waals surface area (Å²) in [5, 5.41) is 39.5. The molecular weight excluding hydrogens is 380 g/mol. The lowest BCUT2D eigenvalue weighted by Crippen LogP contribution is -2.55. The molecule has 1 unspecified atom stereocenters. The molecule has 0 aliphatic carbocycles. The van der Waals surface area contributed by atoms with Gasteiger partial charge in [-0.25, -0.2) is 4.79 Å². The van der Waals surface area contributed by atoms with Crippen LogP contribution in [0.15, 0.2) is 48.5 Å². The van der Waals surface area contributed by atoms with Crippen molar-refractivity contribution < 1.29 is 39.4 Å². The topological polar surface area (TPSA) is 126 Å². The van der Waals surface area contributed by atoms with Gasteiger partial charge in [0.1, 0.15) is 42.9 Å². The van der Waals surface area contributed by atoms with Crippen molar-refractivity contribution in [2.75, 3.05) is 13.7 Å². The van der Waals surface area contributed by atoms with E-state index in [1.54, 1.807) is 42.5 Å². The summed E-state index contributed by atoms with van der Waals surface area (Å²) in [6.45, 7) is -0.255. The molecule has 0 spiro atoms. The highest BCUT2D eigenvalue weighted by Crippen LogP contribution is 2.32.